The van der Waals surface area contributed by atoms with E-state index < -0.39 is 18.0 Å². The van der Waals surface area contributed by atoms with Crippen LogP contribution in [-0.2, 0) is 28.5 Å². The summed E-state index contributed by atoms with van der Waals surface area (Å²) in [6, 6.07) is 6.98. The number of aromatic nitrogens is 2. The minimum absolute atomic E-state index is 0.0436. The zero-order valence-corrected chi connectivity index (χ0v) is 12.3. The molecule has 1 aromatic carbocycles. The van der Waals surface area contributed by atoms with E-state index in [9.17, 15) is 18.0 Å². The van der Waals surface area contributed by atoms with Crippen molar-refractivity contribution in [2.75, 3.05) is 7.11 Å². The largest absolute Gasteiger partial charge is 0.497 e. The van der Waals surface area contributed by atoms with E-state index in [0.29, 0.717) is 5.75 Å². The summed E-state index contributed by atoms with van der Waals surface area (Å²) in [5.41, 5.74) is -0.223. The number of nitrogens with one attached hydrogen (secondary N) is 1. The Bertz CT molecular complexity index is 638. The molecule has 0 aliphatic carbocycles. The zero-order chi connectivity index (χ0) is 16.9. The number of alkyl halides is 3. The fourth-order valence-corrected chi connectivity index (χ4v) is 2.23. The Morgan fingerprint density at radius 3 is 2.52 bits per heavy atom. The van der Waals surface area contributed by atoms with Crippen LogP contribution in [0.1, 0.15) is 16.8 Å². The van der Waals surface area contributed by atoms with E-state index in [1.54, 1.807) is 24.3 Å². The standard InChI is InChI=1S/C15H15F3N2O3/c1-22-12-4-2-10(3-5-12)6-13(23-9-21)7-11-8-19-20-14(11)15(16,17)18/h2-5,8-9,13H,6-7H2,1H3,(H,19,20). The van der Waals surface area contributed by atoms with Crippen LogP contribution in [0.5, 0.6) is 5.75 Å². The van der Waals surface area contributed by atoms with Crippen LogP contribution >= 0.6 is 0 Å². The number of carbonyl (C=O) groups is 1. The molecular weight excluding hydrogens is 313 g/mol. The molecule has 2 aromatic rings. The van der Waals surface area contributed by atoms with Crippen molar-refractivity contribution in [3.63, 3.8) is 0 Å². The van der Waals surface area contributed by atoms with E-state index in [1.165, 1.54) is 7.11 Å². The van der Waals surface area contributed by atoms with Crippen molar-refractivity contribution >= 4 is 6.47 Å². The van der Waals surface area contributed by atoms with Crippen LogP contribution in [0.4, 0.5) is 13.2 Å². The Hall–Kier alpha value is -2.51. The third kappa shape index (κ3) is 4.48. The van der Waals surface area contributed by atoms with E-state index in [4.69, 9.17) is 9.47 Å². The zero-order valence-electron chi connectivity index (χ0n) is 12.3. The molecule has 1 aromatic heterocycles. The van der Waals surface area contributed by atoms with Crippen LogP contribution in [-0.4, -0.2) is 29.9 Å². The molecule has 8 heteroatoms. The molecule has 0 amide bonds. The van der Waals surface area contributed by atoms with Gasteiger partial charge in [0.2, 0.25) is 0 Å². The third-order valence-electron chi connectivity index (χ3n) is 3.31. The van der Waals surface area contributed by atoms with Crippen molar-refractivity contribution in [3.8, 4) is 5.75 Å². The summed E-state index contributed by atoms with van der Waals surface area (Å²) in [5, 5.41) is 5.42. The van der Waals surface area contributed by atoms with Crippen molar-refractivity contribution in [2.45, 2.75) is 25.1 Å². The predicted molar refractivity (Wildman–Crippen MR) is 74.9 cm³/mol. The molecule has 0 radical (unpaired) electrons. The summed E-state index contributed by atoms with van der Waals surface area (Å²) >= 11 is 0. The van der Waals surface area contributed by atoms with Crippen LogP contribution in [0.2, 0.25) is 0 Å². The molecule has 0 spiro atoms. The van der Waals surface area contributed by atoms with Gasteiger partial charge in [0.15, 0.2) is 5.69 Å². The van der Waals surface area contributed by atoms with Crippen LogP contribution < -0.4 is 4.74 Å². The normalized spacial score (nSPS) is 12.7. The molecular formula is C15H15F3N2O3. The summed E-state index contributed by atoms with van der Waals surface area (Å²) in [5.74, 6) is 0.663. The van der Waals surface area contributed by atoms with Gasteiger partial charge in [-0.2, -0.15) is 18.3 Å². The molecule has 1 N–H and O–H groups in total. The van der Waals surface area contributed by atoms with Crippen molar-refractivity contribution in [1.82, 2.24) is 10.2 Å². The number of hydrogen-bond donors (Lipinski definition) is 1. The topological polar surface area (TPSA) is 64.2 Å². The maximum absolute atomic E-state index is 12.8. The van der Waals surface area contributed by atoms with Gasteiger partial charge in [0.05, 0.1) is 7.11 Å². The maximum atomic E-state index is 12.8. The average molecular weight is 328 g/mol. The molecule has 1 atom stereocenters. The lowest BCUT2D eigenvalue weighted by Gasteiger charge is -2.16. The first-order valence-electron chi connectivity index (χ1n) is 6.76. The van der Waals surface area contributed by atoms with Crippen molar-refractivity contribution in [1.29, 1.82) is 0 Å². The first-order valence-corrected chi connectivity index (χ1v) is 6.76. The van der Waals surface area contributed by atoms with Gasteiger partial charge < -0.3 is 9.47 Å². The highest BCUT2D eigenvalue weighted by atomic mass is 19.4. The van der Waals surface area contributed by atoms with Gasteiger partial charge in [-0.3, -0.25) is 9.89 Å². The lowest BCUT2D eigenvalue weighted by atomic mass is 10.0. The Kier molecular flexibility index (Phi) is 5.25. The molecule has 1 heterocycles. The molecule has 124 valence electrons. The first-order chi connectivity index (χ1) is 10.9. The van der Waals surface area contributed by atoms with Crippen molar-refractivity contribution < 1.29 is 27.4 Å². The number of carbonyl (C=O) groups excluding carboxylic acids is 1. The van der Waals surface area contributed by atoms with E-state index in [2.05, 4.69) is 10.2 Å². The number of methoxy groups -OCH3 is 1. The number of halogens is 3. The van der Waals surface area contributed by atoms with Crippen LogP contribution in [0, 0.1) is 0 Å². The first kappa shape index (κ1) is 16.9. The number of nitrogens with zero attached hydrogens (tertiary/aromatic N) is 1. The SMILES string of the molecule is COc1ccc(CC(Cc2c[nH]nc2C(F)(F)F)OC=O)cc1. The Morgan fingerprint density at radius 2 is 1.96 bits per heavy atom. The Morgan fingerprint density at radius 1 is 1.26 bits per heavy atom. The average Bonchev–Trinajstić information content (AvgIpc) is 2.96. The molecule has 0 saturated carbocycles. The van der Waals surface area contributed by atoms with Gasteiger partial charge in [0.1, 0.15) is 11.9 Å². The summed E-state index contributed by atoms with van der Waals surface area (Å²) < 4.78 is 48.4. The third-order valence-corrected chi connectivity index (χ3v) is 3.31. The lowest BCUT2D eigenvalue weighted by molar-refractivity contribution is -0.142. The van der Waals surface area contributed by atoms with Gasteiger partial charge in [0.25, 0.3) is 6.47 Å². The molecule has 0 bridgehead atoms. The Balaban J connectivity index is 2.12. The van der Waals surface area contributed by atoms with Crippen LogP contribution in [0.3, 0.4) is 0 Å². The second kappa shape index (κ2) is 7.17. The second-order valence-electron chi connectivity index (χ2n) is 4.87. The van der Waals surface area contributed by atoms with E-state index in [1.807, 2.05) is 0 Å². The van der Waals surface area contributed by atoms with Gasteiger partial charge >= 0.3 is 6.18 Å². The molecule has 0 saturated heterocycles. The van der Waals surface area contributed by atoms with Gasteiger partial charge in [-0.15, -0.1) is 0 Å². The number of H-pyrrole nitrogens is 1. The quantitative estimate of drug-likeness (QED) is 0.794. The molecule has 5 nitrogen and oxygen atoms in total. The molecule has 2 rings (SSSR count). The van der Waals surface area contributed by atoms with Crippen LogP contribution in [0.25, 0.3) is 0 Å². The number of ether oxygens (including phenoxy) is 2. The lowest BCUT2D eigenvalue weighted by Crippen LogP contribution is -2.20. The summed E-state index contributed by atoms with van der Waals surface area (Å²) in [6.07, 6.45) is -3.92. The molecule has 0 aliphatic heterocycles. The molecule has 0 aliphatic rings. The monoisotopic (exact) mass is 328 g/mol. The van der Waals surface area contributed by atoms with Gasteiger partial charge in [-0.05, 0) is 17.7 Å². The minimum atomic E-state index is -4.55. The summed E-state index contributed by atoms with van der Waals surface area (Å²) in [4.78, 5) is 10.6. The number of aromatic amines is 1. The molecule has 1 unspecified atom stereocenters. The van der Waals surface area contributed by atoms with Crippen LogP contribution in [0.15, 0.2) is 30.5 Å². The van der Waals surface area contributed by atoms with E-state index >= 15 is 0 Å². The maximum Gasteiger partial charge on any atom is 0.435 e. The van der Waals surface area contributed by atoms with Crippen molar-refractivity contribution in [3.05, 3.63) is 47.3 Å². The summed E-state index contributed by atoms with van der Waals surface area (Å²) in [7, 11) is 1.53. The number of rotatable bonds is 7. The highest BCUT2D eigenvalue weighted by Gasteiger charge is 2.36. The fraction of sp³-hybridized carbons (Fsp3) is 0.333. The highest BCUT2D eigenvalue weighted by Crippen LogP contribution is 2.31. The Labute approximate surface area is 130 Å². The molecule has 0 fully saturated rings. The predicted octanol–water partition coefficient (Wildman–Crippen LogP) is 2.76. The molecule has 23 heavy (non-hydrogen) atoms. The smallest absolute Gasteiger partial charge is 0.435 e. The minimum Gasteiger partial charge on any atom is -0.497 e. The van der Waals surface area contributed by atoms with Gasteiger partial charge in [-0.1, -0.05) is 12.1 Å². The highest BCUT2D eigenvalue weighted by molar-refractivity contribution is 5.38. The number of hydrogen-bond acceptors (Lipinski definition) is 4. The van der Waals surface area contributed by atoms with E-state index in [0.717, 1.165) is 11.8 Å². The summed E-state index contributed by atoms with van der Waals surface area (Å²) in [6.45, 7) is 0.238. The second-order valence-corrected chi connectivity index (χ2v) is 4.87. The van der Waals surface area contributed by atoms with E-state index in [-0.39, 0.29) is 24.9 Å². The fourth-order valence-electron chi connectivity index (χ4n) is 2.23. The van der Waals surface area contributed by atoms with Crippen molar-refractivity contribution in [2.24, 2.45) is 0 Å². The number of benzene rings is 1. The van der Waals surface area contributed by atoms with Gasteiger partial charge in [-0.25, -0.2) is 0 Å². The van der Waals surface area contributed by atoms with Gasteiger partial charge in [0, 0.05) is 24.6 Å².